The van der Waals surface area contributed by atoms with Crippen molar-refractivity contribution in [1.82, 2.24) is 0 Å². The maximum Gasteiger partial charge on any atom is 0.163 e. The lowest BCUT2D eigenvalue weighted by Crippen LogP contribution is -2.22. The average molecular weight is 298 g/mol. The molecule has 2 rings (SSSR count). The molecule has 1 aromatic rings. The first kappa shape index (κ1) is 15.2. The van der Waals surface area contributed by atoms with Gasteiger partial charge in [0.2, 0.25) is 0 Å². The van der Waals surface area contributed by atoms with E-state index in [-0.39, 0.29) is 11.9 Å². The zero-order chi connectivity index (χ0) is 13.6. The van der Waals surface area contributed by atoms with Gasteiger partial charge < -0.3 is 9.47 Å². The summed E-state index contributed by atoms with van der Waals surface area (Å²) in [4.78, 5) is 0. The molecule has 19 heavy (non-hydrogen) atoms. The molecule has 0 N–H and O–H groups in total. The Morgan fingerprint density at radius 3 is 2.58 bits per heavy atom. The van der Waals surface area contributed by atoms with Gasteiger partial charge in [0.05, 0.1) is 12.7 Å². The van der Waals surface area contributed by atoms with Crippen molar-refractivity contribution in [3.63, 3.8) is 0 Å². The van der Waals surface area contributed by atoms with E-state index in [4.69, 9.17) is 9.47 Å². The number of rotatable bonds is 7. The second-order valence-electron chi connectivity index (χ2n) is 5.06. The van der Waals surface area contributed by atoms with Crippen molar-refractivity contribution in [3.8, 4) is 0 Å². The topological polar surface area (TPSA) is 18.5 Å². The van der Waals surface area contributed by atoms with Crippen molar-refractivity contribution in [2.24, 2.45) is 0 Å². The predicted molar refractivity (Wildman–Crippen MR) is 84.8 cm³/mol. The van der Waals surface area contributed by atoms with Gasteiger partial charge >= 0.3 is 0 Å². The van der Waals surface area contributed by atoms with Gasteiger partial charge in [-0.3, -0.25) is 0 Å². The van der Waals surface area contributed by atoms with E-state index in [1.54, 1.807) is 0 Å². The van der Waals surface area contributed by atoms with E-state index in [0.717, 1.165) is 18.1 Å². The van der Waals surface area contributed by atoms with Gasteiger partial charge in [0.1, 0.15) is 0 Å². The molecule has 0 bridgehead atoms. The molecule has 4 heteroatoms. The summed E-state index contributed by atoms with van der Waals surface area (Å²) in [7, 11) is 0. The largest absolute Gasteiger partial charge is 0.348 e. The van der Waals surface area contributed by atoms with Crippen molar-refractivity contribution in [3.05, 3.63) is 35.9 Å². The van der Waals surface area contributed by atoms with Crippen molar-refractivity contribution in [1.29, 1.82) is 0 Å². The molecule has 1 aliphatic heterocycles. The zero-order valence-corrected chi connectivity index (χ0v) is 13.3. The lowest BCUT2D eigenvalue weighted by Gasteiger charge is -2.16. The van der Waals surface area contributed by atoms with Crippen molar-refractivity contribution >= 4 is 23.5 Å². The summed E-state index contributed by atoms with van der Waals surface area (Å²) in [5, 5.41) is 0. The second-order valence-corrected chi connectivity index (χ2v) is 7.32. The van der Waals surface area contributed by atoms with Crippen LogP contribution in [0.25, 0.3) is 0 Å². The minimum absolute atomic E-state index is 0.263. The Morgan fingerprint density at radius 2 is 1.89 bits per heavy atom. The van der Waals surface area contributed by atoms with Gasteiger partial charge in [-0.15, -0.1) is 0 Å². The molecule has 1 fully saturated rings. The van der Waals surface area contributed by atoms with E-state index in [9.17, 15) is 0 Å². The molecule has 0 aliphatic carbocycles. The molecule has 1 aromatic carbocycles. The highest BCUT2D eigenvalue weighted by Crippen LogP contribution is 2.24. The maximum absolute atomic E-state index is 5.77. The van der Waals surface area contributed by atoms with E-state index in [2.05, 4.69) is 30.3 Å². The van der Waals surface area contributed by atoms with Crippen LogP contribution in [0.3, 0.4) is 0 Å². The van der Waals surface area contributed by atoms with Gasteiger partial charge in [-0.25, -0.2) is 0 Å². The predicted octanol–water partition coefficient (Wildman–Crippen LogP) is 3.80. The normalized spacial score (nSPS) is 21.7. The van der Waals surface area contributed by atoms with Crippen LogP contribution in [0.5, 0.6) is 0 Å². The van der Waals surface area contributed by atoms with Gasteiger partial charge in [0.25, 0.3) is 0 Å². The molecule has 1 atom stereocenters. The smallest absolute Gasteiger partial charge is 0.163 e. The van der Waals surface area contributed by atoms with E-state index in [1.807, 2.05) is 37.4 Å². The fraction of sp³-hybridized carbons (Fsp3) is 0.600. The molecule has 0 aromatic heterocycles. The third-order valence-electron chi connectivity index (χ3n) is 2.85. The summed E-state index contributed by atoms with van der Waals surface area (Å²) in [6, 6.07) is 10.6. The summed E-state index contributed by atoms with van der Waals surface area (Å²) in [5.74, 6) is 4.13. The van der Waals surface area contributed by atoms with Gasteiger partial charge in [-0.2, -0.15) is 23.5 Å². The van der Waals surface area contributed by atoms with Crippen LogP contribution in [0.15, 0.2) is 30.3 Å². The molecule has 1 saturated heterocycles. The highest BCUT2D eigenvalue weighted by atomic mass is 32.2. The Labute approximate surface area is 124 Å². The van der Waals surface area contributed by atoms with Crippen LogP contribution in [0.4, 0.5) is 0 Å². The van der Waals surface area contributed by atoms with E-state index in [0.29, 0.717) is 0 Å². The summed E-state index contributed by atoms with van der Waals surface area (Å²) < 4.78 is 11.3. The van der Waals surface area contributed by atoms with Gasteiger partial charge in [-0.1, -0.05) is 30.3 Å². The summed E-state index contributed by atoms with van der Waals surface area (Å²) >= 11 is 3.96. The van der Waals surface area contributed by atoms with Crippen molar-refractivity contribution in [2.75, 3.05) is 23.9 Å². The number of hydrogen-bond acceptors (Lipinski definition) is 4. The fourth-order valence-corrected chi connectivity index (χ4v) is 4.05. The third kappa shape index (κ3) is 5.78. The Balaban J connectivity index is 1.49. The van der Waals surface area contributed by atoms with Crippen molar-refractivity contribution < 1.29 is 9.47 Å². The minimum Gasteiger partial charge on any atom is -0.348 e. The molecular weight excluding hydrogens is 276 g/mol. The molecule has 106 valence electrons. The lowest BCUT2D eigenvalue weighted by molar-refractivity contribution is -0.135. The number of thioether (sulfide) groups is 2. The van der Waals surface area contributed by atoms with Crippen LogP contribution in [0.2, 0.25) is 0 Å². The molecular formula is C15H22O2S2. The molecule has 1 aliphatic rings. The van der Waals surface area contributed by atoms with Crippen LogP contribution in [-0.2, 0) is 15.2 Å². The molecule has 0 spiro atoms. The Bertz CT molecular complexity index is 368. The fourth-order valence-electron chi connectivity index (χ4n) is 1.94. The molecule has 0 radical (unpaired) electrons. The van der Waals surface area contributed by atoms with Crippen LogP contribution >= 0.6 is 23.5 Å². The summed E-state index contributed by atoms with van der Waals surface area (Å²) in [6.45, 7) is 4.69. The first-order valence-electron chi connectivity index (χ1n) is 6.67. The monoisotopic (exact) mass is 298 g/mol. The lowest BCUT2D eigenvalue weighted by atomic mass is 10.2. The number of ether oxygens (including phenoxy) is 2. The Hall–Kier alpha value is -0.160. The van der Waals surface area contributed by atoms with Gasteiger partial charge in [-0.05, 0) is 19.4 Å². The van der Waals surface area contributed by atoms with Crippen LogP contribution in [0.1, 0.15) is 19.4 Å². The molecule has 0 amide bonds. The highest BCUT2D eigenvalue weighted by molar-refractivity contribution is 8.02. The Morgan fingerprint density at radius 1 is 1.16 bits per heavy atom. The number of hydrogen-bond donors (Lipinski definition) is 0. The number of benzene rings is 1. The Kier molecular flexibility index (Phi) is 6.07. The molecule has 0 saturated carbocycles. The standard InChI is InChI=1S/C15H22O2S2/c1-15(2)16-10-14(17-15)12-19-9-8-18-11-13-6-4-3-5-7-13/h3-7,14H,8-12H2,1-2H3. The SMILES string of the molecule is CC1(C)OCC(CSCCSCc2ccccc2)O1. The minimum atomic E-state index is -0.382. The highest BCUT2D eigenvalue weighted by Gasteiger charge is 2.32. The molecule has 2 nitrogen and oxygen atoms in total. The van der Waals surface area contributed by atoms with E-state index in [1.165, 1.54) is 17.1 Å². The van der Waals surface area contributed by atoms with Crippen LogP contribution in [0, 0.1) is 0 Å². The van der Waals surface area contributed by atoms with Crippen molar-refractivity contribution in [2.45, 2.75) is 31.5 Å². The third-order valence-corrected chi connectivity index (χ3v) is 5.24. The van der Waals surface area contributed by atoms with Gasteiger partial charge in [0.15, 0.2) is 5.79 Å². The molecule has 1 heterocycles. The second kappa shape index (κ2) is 7.58. The molecule has 1 unspecified atom stereocenters. The van der Waals surface area contributed by atoms with Gasteiger partial charge in [0, 0.05) is 23.0 Å². The average Bonchev–Trinajstić information content (AvgIpc) is 2.74. The van der Waals surface area contributed by atoms with E-state index < -0.39 is 0 Å². The first-order chi connectivity index (χ1) is 9.16. The first-order valence-corrected chi connectivity index (χ1v) is 8.98. The van der Waals surface area contributed by atoms with Crippen LogP contribution in [-0.4, -0.2) is 35.8 Å². The summed E-state index contributed by atoms with van der Waals surface area (Å²) in [6.07, 6.45) is 0.263. The van der Waals surface area contributed by atoms with E-state index >= 15 is 0 Å². The zero-order valence-electron chi connectivity index (χ0n) is 11.6. The van der Waals surface area contributed by atoms with Crippen LogP contribution < -0.4 is 0 Å². The summed E-state index contributed by atoms with van der Waals surface area (Å²) in [5.41, 5.74) is 1.41. The quantitative estimate of drug-likeness (QED) is 0.712. The maximum atomic E-state index is 5.77.